The lowest BCUT2D eigenvalue weighted by Crippen LogP contribution is -2.30. The fourth-order valence-corrected chi connectivity index (χ4v) is 2.37. The highest BCUT2D eigenvalue weighted by molar-refractivity contribution is 9.10. The van der Waals surface area contributed by atoms with E-state index in [9.17, 15) is 18.4 Å². The van der Waals surface area contributed by atoms with Gasteiger partial charge in [-0.3, -0.25) is 4.79 Å². The van der Waals surface area contributed by atoms with E-state index in [4.69, 9.17) is 5.73 Å². The molecule has 0 aromatic heterocycles. The van der Waals surface area contributed by atoms with Crippen molar-refractivity contribution in [1.82, 2.24) is 5.32 Å². The van der Waals surface area contributed by atoms with Crippen LogP contribution >= 0.6 is 15.9 Å². The van der Waals surface area contributed by atoms with Crippen LogP contribution in [0, 0.1) is 11.6 Å². The van der Waals surface area contributed by atoms with Crippen LogP contribution in [0.2, 0.25) is 0 Å². The number of rotatable bonds is 5. The summed E-state index contributed by atoms with van der Waals surface area (Å²) in [5.41, 5.74) is 5.73. The van der Waals surface area contributed by atoms with Gasteiger partial charge in [0, 0.05) is 29.3 Å². The van der Waals surface area contributed by atoms with E-state index in [-0.39, 0.29) is 30.0 Å². The van der Waals surface area contributed by atoms with E-state index in [0.29, 0.717) is 10.5 Å². The Labute approximate surface area is 150 Å². The summed E-state index contributed by atoms with van der Waals surface area (Å²) < 4.78 is 27.0. The van der Waals surface area contributed by atoms with Gasteiger partial charge in [-0.05, 0) is 30.3 Å². The van der Waals surface area contributed by atoms with E-state index in [1.54, 1.807) is 6.07 Å². The maximum Gasteiger partial charge on any atom is 0.323 e. The summed E-state index contributed by atoms with van der Waals surface area (Å²) in [5, 5.41) is 7.38. The number of anilines is 2. The molecule has 0 saturated heterocycles. The molecule has 0 aliphatic heterocycles. The van der Waals surface area contributed by atoms with Gasteiger partial charge in [-0.15, -0.1) is 0 Å². The van der Waals surface area contributed by atoms with Crippen molar-refractivity contribution in [2.75, 3.05) is 23.7 Å². The Morgan fingerprint density at radius 3 is 2.36 bits per heavy atom. The van der Waals surface area contributed by atoms with Gasteiger partial charge in [0.05, 0.1) is 11.3 Å². The molecule has 9 heteroatoms. The van der Waals surface area contributed by atoms with E-state index in [2.05, 4.69) is 31.9 Å². The predicted octanol–water partition coefficient (Wildman–Crippen LogP) is 3.06. The van der Waals surface area contributed by atoms with Crippen molar-refractivity contribution < 1.29 is 18.4 Å². The number of carbonyl (C=O) groups excluding carboxylic acids is 2. The standard InChI is InChI=1S/C16H15BrF2N4O2/c17-9-1-2-13(15(24)21-4-3-20)14(5-9)23-16(25)22-12-7-10(18)6-11(19)8-12/h1-2,5-8H,3-4,20H2,(H,21,24)(H2,22,23,25). The molecule has 3 amide bonds. The fraction of sp³-hybridized carbons (Fsp3) is 0.125. The number of benzene rings is 2. The first-order valence-corrected chi connectivity index (χ1v) is 8.00. The van der Waals surface area contributed by atoms with E-state index in [0.717, 1.165) is 12.1 Å². The molecule has 0 aliphatic carbocycles. The molecule has 5 N–H and O–H groups in total. The van der Waals surface area contributed by atoms with Gasteiger partial charge in [0.15, 0.2) is 0 Å². The van der Waals surface area contributed by atoms with Crippen LogP contribution in [0.1, 0.15) is 10.4 Å². The van der Waals surface area contributed by atoms with Crippen LogP contribution < -0.4 is 21.7 Å². The third-order valence-corrected chi connectivity index (χ3v) is 3.52. The second-order valence-electron chi connectivity index (χ2n) is 4.97. The number of urea groups is 1. The molecule has 25 heavy (non-hydrogen) atoms. The molecule has 0 unspecified atom stereocenters. The summed E-state index contributed by atoms with van der Waals surface area (Å²) in [7, 11) is 0. The molecule has 0 atom stereocenters. The summed E-state index contributed by atoms with van der Waals surface area (Å²) in [5.74, 6) is -2.05. The average Bonchev–Trinajstić information content (AvgIpc) is 2.51. The van der Waals surface area contributed by atoms with E-state index in [1.165, 1.54) is 12.1 Å². The SMILES string of the molecule is NCCNC(=O)c1ccc(Br)cc1NC(=O)Nc1cc(F)cc(F)c1. The highest BCUT2D eigenvalue weighted by atomic mass is 79.9. The van der Waals surface area contributed by atoms with Crippen LogP contribution in [0.3, 0.4) is 0 Å². The number of carbonyl (C=O) groups is 2. The lowest BCUT2D eigenvalue weighted by Gasteiger charge is -2.13. The molecule has 2 rings (SSSR count). The number of nitrogens with two attached hydrogens (primary N) is 1. The molecule has 0 spiro atoms. The Balaban J connectivity index is 2.16. The zero-order valence-electron chi connectivity index (χ0n) is 12.9. The Kier molecular flexibility index (Phi) is 6.43. The van der Waals surface area contributed by atoms with Crippen LogP contribution in [-0.2, 0) is 0 Å². The third kappa shape index (κ3) is 5.50. The van der Waals surface area contributed by atoms with Crippen LogP contribution in [0.4, 0.5) is 25.0 Å². The molecule has 0 bridgehead atoms. The highest BCUT2D eigenvalue weighted by Gasteiger charge is 2.14. The molecule has 0 fully saturated rings. The number of amides is 3. The summed E-state index contributed by atoms with van der Waals surface area (Å²) >= 11 is 3.25. The van der Waals surface area contributed by atoms with Crippen LogP contribution in [0.5, 0.6) is 0 Å². The molecule has 0 heterocycles. The van der Waals surface area contributed by atoms with Crippen LogP contribution in [-0.4, -0.2) is 25.0 Å². The topological polar surface area (TPSA) is 96.2 Å². The van der Waals surface area contributed by atoms with E-state index < -0.39 is 23.6 Å². The van der Waals surface area contributed by atoms with E-state index in [1.807, 2.05) is 0 Å². The first-order chi connectivity index (χ1) is 11.9. The van der Waals surface area contributed by atoms with Gasteiger partial charge in [-0.1, -0.05) is 15.9 Å². The Morgan fingerprint density at radius 2 is 1.72 bits per heavy atom. The Hall–Kier alpha value is -2.52. The van der Waals surface area contributed by atoms with Crippen molar-refractivity contribution in [3.8, 4) is 0 Å². The van der Waals surface area contributed by atoms with Gasteiger partial charge in [0.2, 0.25) is 0 Å². The molecular formula is C16H15BrF2N4O2. The smallest absolute Gasteiger partial charge is 0.323 e. The van der Waals surface area contributed by atoms with Gasteiger partial charge < -0.3 is 21.7 Å². The van der Waals surface area contributed by atoms with Gasteiger partial charge in [-0.2, -0.15) is 0 Å². The second kappa shape index (κ2) is 8.54. The monoisotopic (exact) mass is 412 g/mol. The highest BCUT2D eigenvalue weighted by Crippen LogP contribution is 2.22. The summed E-state index contributed by atoms with van der Waals surface area (Å²) in [6.45, 7) is 0.555. The predicted molar refractivity (Wildman–Crippen MR) is 94.5 cm³/mol. The number of halogens is 3. The second-order valence-corrected chi connectivity index (χ2v) is 5.89. The first kappa shape index (κ1) is 18.8. The van der Waals surface area contributed by atoms with Gasteiger partial charge >= 0.3 is 6.03 Å². The molecule has 2 aromatic carbocycles. The quantitative estimate of drug-likeness (QED) is 0.607. The van der Waals surface area contributed by atoms with Crippen molar-refractivity contribution in [2.45, 2.75) is 0 Å². The molecule has 0 radical (unpaired) electrons. The molecule has 132 valence electrons. The zero-order chi connectivity index (χ0) is 18.4. The molecule has 2 aromatic rings. The third-order valence-electron chi connectivity index (χ3n) is 3.02. The van der Waals surface area contributed by atoms with Crippen LogP contribution in [0.15, 0.2) is 40.9 Å². The van der Waals surface area contributed by atoms with Gasteiger partial charge in [-0.25, -0.2) is 13.6 Å². The van der Waals surface area contributed by atoms with Crippen molar-refractivity contribution >= 4 is 39.2 Å². The molecular weight excluding hydrogens is 398 g/mol. The maximum absolute atomic E-state index is 13.2. The van der Waals surface area contributed by atoms with Crippen molar-refractivity contribution in [2.24, 2.45) is 5.73 Å². The minimum absolute atomic E-state index is 0.0564. The Bertz CT molecular complexity index is 781. The zero-order valence-corrected chi connectivity index (χ0v) is 14.5. The molecule has 0 aliphatic rings. The number of nitrogens with one attached hydrogen (secondary N) is 3. The number of hydrogen-bond acceptors (Lipinski definition) is 3. The lowest BCUT2D eigenvalue weighted by atomic mass is 10.1. The number of hydrogen-bond donors (Lipinski definition) is 4. The summed E-state index contributed by atoms with van der Waals surface area (Å²) in [6, 6.07) is 6.57. The summed E-state index contributed by atoms with van der Waals surface area (Å²) in [6.07, 6.45) is 0. The minimum atomic E-state index is -0.820. The van der Waals surface area contributed by atoms with Crippen molar-refractivity contribution in [3.05, 3.63) is 58.1 Å². The largest absolute Gasteiger partial charge is 0.351 e. The minimum Gasteiger partial charge on any atom is -0.351 e. The van der Waals surface area contributed by atoms with Crippen molar-refractivity contribution in [3.63, 3.8) is 0 Å². The summed E-state index contributed by atoms with van der Waals surface area (Å²) in [4.78, 5) is 24.2. The fourth-order valence-electron chi connectivity index (χ4n) is 2.01. The Morgan fingerprint density at radius 1 is 1.04 bits per heavy atom. The van der Waals surface area contributed by atoms with E-state index >= 15 is 0 Å². The molecule has 0 saturated carbocycles. The van der Waals surface area contributed by atoms with Gasteiger partial charge in [0.25, 0.3) is 5.91 Å². The lowest BCUT2D eigenvalue weighted by molar-refractivity contribution is 0.0955. The van der Waals surface area contributed by atoms with Crippen molar-refractivity contribution in [1.29, 1.82) is 0 Å². The maximum atomic E-state index is 13.2. The average molecular weight is 413 g/mol. The van der Waals surface area contributed by atoms with Crippen LogP contribution in [0.25, 0.3) is 0 Å². The first-order valence-electron chi connectivity index (χ1n) is 7.21. The van der Waals surface area contributed by atoms with Gasteiger partial charge in [0.1, 0.15) is 11.6 Å². The molecule has 6 nitrogen and oxygen atoms in total. The normalized spacial score (nSPS) is 10.2.